The number of nitro groups is 1. The molecule has 3 rings (SSSR count). The monoisotopic (exact) mass is 447 g/mol. The maximum atomic E-state index is 12.5. The van der Waals surface area contributed by atoms with Gasteiger partial charge in [0.1, 0.15) is 5.69 Å². The predicted molar refractivity (Wildman–Crippen MR) is 117 cm³/mol. The molecule has 1 heterocycles. The van der Waals surface area contributed by atoms with E-state index < -0.39 is 14.9 Å². The molecular formula is C20H25N5O5S. The molecule has 0 spiro atoms. The molecule has 2 amide bonds. The standard InChI is InChI=1S/C20H25N5O5S/c1-21-31(29,30)15-17-6-4-5-16(13-17)14-22-20(26)24-11-9-23(10-12-24)18-7-2-3-8-19(18)25(27)28/h2-8,13,21H,9-12,14-15H2,1H3,(H,22,26). The van der Waals surface area contributed by atoms with Crippen LogP contribution in [0.1, 0.15) is 11.1 Å². The summed E-state index contributed by atoms with van der Waals surface area (Å²) in [6, 6.07) is 13.4. The maximum Gasteiger partial charge on any atom is 0.317 e. The molecule has 1 fully saturated rings. The lowest BCUT2D eigenvalue weighted by atomic mass is 10.1. The van der Waals surface area contributed by atoms with Crippen LogP contribution in [0.4, 0.5) is 16.2 Å². The number of hydrogen-bond acceptors (Lipinski definition) is 6. The van der Waals surface area contributed by atoms with Crippen LogP contribution in [0.25, 0.3) is 0 Å². The van der Waals surface area contributed by atoms with Crippen LogP contribution in [0.3, 0.4) is 0 Å². The van der Waals surface area contributed by atoms with Crippen LogP contribution in [-0.4, -0.2) is 57.5 Å². The highest BCUT2D eigenvalue weighted by molar-refractivity contribution is 7.88. The lowest BCUT2D eigenvalue weighted by Crippen LogP contribution is -2.51. The number of anilines is 1. The first kappa shape index (κ1) is 22.5. The number of para-hydroxylation sites is 2. The SMILES string of the molecule is CNS(=O)(=O)Cc1cccc(CNC(=O)N2CCN(c3ccccc3[N+](=O)[O-])CC2)c1. The fraction of sp³-hybridized carbons (Fsp3) is 0.350. The minimum Gasteiger partial charge on any atom is -0.362 e. The molecule has 2 aromatic rings. The predicted octanol–water partition coefficient (Wildman–Crippen LogP) is 1.68. The van der Waals surface area contributed by atoms with Crippen LogP contribution in [0.15, 0.2) is 48.5 Å². The number of amides is 2. The summed E-state index contributed by atoms with van der Waals surface area (Å²) in [6.07, 6.45) is 0. The molecule has 0 saturated carbocycles. The molecule has 1 saturated heterocycles. The Morgan fingerprint density at radius 2 is 1.74 bits per heavy atom. The van der Waals surface area contributed by atoms with Crippen molar-refractivity contribution < 1.29 is 18.1 Å². The molecule has 0 aromatic heterocycles. The summed E-state index contributed by atoms with van der Waals surface area (Å²) in [5, 5.41) is 14.1. The van der Waals surface area contributed by atoms with Gasteiger partial charge in [-0.1, -0.05) is 36.4 Å². The molecule has 2 N–H and O–H groups in total. The average Bonchev–Trinajstić information content (AvgIpc) is 2.77. The summed E-state index contributed by atoms with van der Waals surface area (Å²) in [5.74, 6) is -0.126. The number of sulfonamides is 1. The van der Waals surface area contributed by atoms with E-state index in [9.17, 15) is 23.3 Å². The minimum absolute atomic E-state index is 0.0561. The molecule has 31 heavy (non-hydrogen) atoms. The number of carbonyl (C=O) groups is 1. The van der Waals surface area contributed by atoms with Crippen molar-refractivity contribution in [2.24, 2.45) is 0 Å². The van der Waals surface area contributed by atoms with Gasteiger partial charge in [0, 0.05) is 38.8 Å². The smallest absolute Gasteiger partial charge is 0.317 e. The summed E-state index contributed by atoms with van der Waals surface area (Å²) in [7, 11) is -2.00. The van der Waals surface area contributed by atoms with Gasteiger partial charge in [0.15, 0.2) is 0 Å². The molecule has 0 unspecified atom stereocenters. The zero-order valence-electron chi connectivity index (χ0n) is 17.2. The number of rotatable bonds is 7. The number of nitrogens with zero attached hydrogens (tertiary/aromatic N) is 3. The van der Waals surface area contributed by atoms with Crippen molar-refractivity contribution in [2.75, 3.05) is 38.1 Å². The van der Waals surface area contributed by atoms with Crippen molar-refractivity contribution in [1.82, 2.24) is 14.9 Å². The first-order valence-corrected chi connectivity index (χ1v) is 11.4. The Hall–Kier alpha value is -3.18. The van der Waals surface area contributed by atoms with Gasteiger partial charge in [0.2, 0.25) is 10.0 Å². The van der Waals surface area contributed by atoms with Crippen LogP contribution >= 0.6 is 0 Å². The van der Waals surface area contributed by atoms with Gasteiger partial charge >= 0.3 is 6.03 Å². The molecule has 1 aliphatic heterocycles. The maximum absolute atomic E-state index is 12.5. The second-order valence-electron chi connectivity index (χ2n) is 7.16. The minimum atomic E-state index is -3.37. The Bertz CT molecular complexity index is 1050. The average molecular weight is 448 g/mol. The van der Waals surface area contributed by atoms with Crippen molar-refractivity contribution in [3.63, 3.8) is 0 Å². The number of hydrogen-bond donors (Lipinski definition) is 2. The molecular weight excluding hydrogens is 422 g/mol. The summed E-state index contributed by atoms with van der Waals surface area (Å²) in [6.45, 7) is 2.15. The van der Waals surface area contributed by atoms with Gasteiger partial charge in [0.05, 0.1) is 10.7 Å². The molecule has 2 aromatic carbocycles. The van der Waals surface area contributed by atoms with E-state index >= 15 is 0 Å². The van der Waals surface area contributed by atoms with E-state index in [1.54, 1.807) is 41.3 Å². The molecule has 0 bridgehead atoms. The zero-order chi connectivity index (χ0) is 22.4. The number of benzene rings is 2. The van der Waals surface area contributed by atoms with Crippen molar-refractivity contribution in [2.45, 2.75) is 12.3 Å². The van der Waals surface area contributed by atoms with Gasteiger partial charge in [-0.2, -0.15) is 0 Å². The first-order valence-electron chi connectivity index (χ1n) is 9.79. The molecule has 0 atom stereocenters. The van der Waals surface area contributed by atoms with Gasteiger partial charge in [-0.05, 0) is 24.2 Å². The lowest BCUT2D eigenvalue weighted by molar-refractivity contribution is -0.384. The highest BCUT2D eigenvalue weighted by Crippen LogP contribution is 2.28. The first-order chi connectivity index (χ1) is 14.8. The van der Waals surface area contributed by atoms with Gasteiger partial charge < -0.3 is 15.1 Å². The Kier molecular flexibility index (Phi) is 7.08. The molecule has 166 valence electrons. The Balaban J connectivity index is 1.54. The summed E-state index contributed by atoms with van der Waals surface area (Å²) < 4.78 is 25.7. The third kappa shape index (κ3) is 5.92. The van der Waals surface area contributed by atoms with E-state index in [0.717, 1.165) is 5.56 Å². The fourth-order valence-electron chi connectivity index (χ4n) is 3.45. The summed E-state index contributed by atoms with van der Waals surface area (Å²) >= 11 is 0. The molecule has 10 nitrogen and oxygen atoms in total. The highest BCUT2D eigenvalue weighted by Gasteiger charge is 2.25. The van der Waals surface area contributed by atoms with E-state index in [0.29, 0.717) is 37.4 Å². The second kappa shape index (κ2) is 9.75. The third-order valence-corrected chi connectivity index (χ3v) is 6.42. The Morgan fingerprint density at radius 3 is 2.42 bits per heavy atom. The van der Waals surface area contributed by atoms with Crippen molar-refractivity contribution in [3.8, 4) is 0 Å². The molecule has 0 aliphatic carbocycles. The second-order valence-corrected chi connectivity index (χ2v) is 9.09. The van der Waals surface area contributed by atoms with Gasteiger partial charge in [-0.25, -0.2) is 17.9 Å². The van der Waals surface area contributed by atoms with Crippen molar-refractivity contribution in [3.05, 3.63) is 69.8 Å². The highest BCUT2D eigenvalue weighted by atomic mass is 32.2. The van der Waals surface area contributed by atoms with E-state index in [-0.39, 0.29) is 24.0 Å². The fourth-order valence-corrected chi connectivity index (χ4v) is 4.21. The normalized spacial score (nSPS) is 14.4. The van der Waals surface area contributed by atoms with Gasteiger partial charge in [-0.3, -0.25) is 10.1 Å². The molecule has 1 aliphatic rings. The lowest BCUT2D eigenvalue weighted by Gasteiger charge is -2.35. The number of nitro benzene ring substituents is 1. The van der Waals surface area contributed by atoms with E-state index in [4.69, 9.17) is 0 Å². The van der Waals surface area contributed by atoms with Crippen molar-refractivity contribution in [1.29, 1.82) is 0 Å². The number of piperazine rings is 1. The quantitative estimate of drug-likeness (QED) is 0.491. The summed E-state index contributed by atoms with van der Waals surface area (Å²) in [4.78, 5) is 27.0. The van der Waals surface area contributed by atoms with Crippen LogP contribution < -0.4 is 14.9 Å². The van der Waals surface area contributed by atoms with E-state index in [1.807, 2.05) is 11.0 Å². The van der Waals surface area contributed by atoms with Crippen LogP contribution in [-0.2, 0) is 22.3 Å². The van der Waals surface area contributed by atoms with Crippen LogP contribution in [0.2, 0.25) is 0 Å². The zero-order valence-corrected chi connectivity index (χ0v) is 18.0. The van der Waals surface area contributed by atoms with Crippen LogP contribution in [0, 0.1) is 10.1 Å². The molecule has 0 radical (unpaired) electrons. The van der Waals surface area contributed by atoms with Crippen LogP contribution in [0.5, 0.6) is 0 Å². The van der Waals surface area contributed by atoms with E-state index in [2.05, 4.69) is 10.0 Å². The van der Waals surface area contributed by atoms with E-state index in [1.165, 1.54) is 13.1 Å². The largest absolute Gasteiger partial charge is 0.362 e. The van der Waals surface area contributed by atoms with Gasteiger partial charge in [-0.15, -0.1) is 0 Å². The van der Waals surface area contributed by atoms with Gasteiger partial charge in [0.25, 0.3) is 5.69 Å². The number of carbonyl (C=O) groups excluding carboxylic acids is 1. The Morgan fingerprint density at radius 1 is 1.06 bits per heavy atom. The Labute approximate surface area is 181 Å². The number of nitrogens with one attached hydrogen (secondary N) is 2. The topological polar surface area (TPSA) is 125 Å². The third-order valence-electron chi connectivity index (χ3n) is 5.09. The van der Waals surface area contributed by atoms with Crippen molar-refractivity contribution >= 4 is 27.4 Å². The molecule has 11 heteroatoms. The summed E-state index contributed by atoms with van der Waals surface area (Å²) in [5.41, 5.74) is 2.05. The number of urea groups is 1.